The van der Waals surface area contributed by atoms with Gasteiger partial charge in [0.15, 0.2) is 0 Å². The van der Waals surface area contributed by atoms with E-state index < -0.39 is 11.7 Å². The summed E-state index contributed by atoms with van der Waals surface area (Å²) in [6.07, 6.45) is 2.95. The highest BCUT2D eigenvalue weighted by Gasteiger charge is 2.25. The van der Waals surface area contributed by atoms with Gasteiger partial charge in [-0.2, -0.15) is 0 Å². The zero-order valence-electron chi connectivity index (χ0n) is 15.0. The molecule has 2 fully saturated rings. The SMILES string of the molecule is O=C(NC1CCN(c2cccs2)CC1)c1cc(N2CCCC2=O)ccc1F. The maximum atomic E-state index is 14.2. The molecule has 2 amide bonds. The van der Waals surface area contributed by atoms with E-state index in [4.69, 9.17) is 0 Å². The van der Waals surface area contributed by atoms with Crippen LogP contribution in [0.15, 0.2) is 35.7 Å². The van der Waals surface area contributed by atoms with Crippen LogP contribution in [0.1, 0.15) is 36.0 Å². The molecule has 1 aromatic heterocycles. The summed E-state index contributed by atoms with van der Waals surface area (Å²) in [6, 6.07) is 8.50. The van der Waals surface area contributed by atoms with Crippen LogP contribution in [-0.2, 0) is 4.79 Å². The number of rotatable bonds is 4. The molecule has 2 aromatic rings. The van der Waals surface area contributed by atoms with Crippen molar-refractivity contribution < 1.29 is 14.0 Å². The molecule has 0 aliphatic carbocycles. The zero-order chi connectivity index (χ0) is 18.8. The Kier molecular flexibility index (Phi) is 5.11. The van der Waals surface area contributed by atoms with E-state index in [0.29, 0.717) is 18.7 Å². The molecule has 0 radical (unpaired) electrons. The van der Waals surface area contributed by atoms with Gasteiger partial charge in [-0.05, 0) is 55.0 Å². The van der Waals surface area contributed by atoms with Gasteiger partial charge < -0.3 is 15.1 Å². The smallest absolute Gasteiger partial charge is 0.254 e. The molecule has 0 atom stereocenters. The second kappa shape index (κ2) is 7.68. The summed E-state index contributed by atoms with van der Waals surface area (Å²) in [5, 5.41) is 6.27. The first kappa shape index (κ1) is 18.0. The number of thiophene rings is 1. The summed E-state index contributed by atoms with van der Waals surface area (Å²) in [5.74, 6) is -0.941. The number of carbonyl (C=O) groups excluding carboxylic acids is 2. The fraction of sp³-hybridized carbons (Fsp3) is 0.400. The molecule has 4 rings (SSSR count). The summed E-state index contributed by atoms with van der Waals surface area (Å²) >= 11 is 1.71. The number of nitrogens with one attached hydrogen (secondary N) is 1. The number of amides is 2. The highest BCUT2D eigenvalue weighted by Crippen LogP contribution is 2.26. The Labute approximate surface area is 161 Å². The van der Waals surface area contributed by atoms with Crippen molar-refractivity contribution in [2.45, 2.75) is 31.7 Å². The molecular weight excluding hydrogens is 365 g/mol. The van der Waals surface area contributed by atoms with Crippen molar-refractivity contribution in [2.75, 3.05) is 29.4 Å². The van der Waals surface area contributed by atoms with Crippen molar-refractivity contribution in [1.29, 1.82) is 0 Å². The number of hydrogen-bond acceptors (Lipinski definition) is 4. The molecule has 0 bridgehead atoms. The highest BCUT2D eigenvalue weighted by molar-refractivity contribution is 7.14. The minimum absolute atomic E-state index is 0.00730. The zero-order valence-corrected chi connectivity index (χ0v) is 15.8. The second-order valence-corrected chi connectivity index (χ2v) is 7.93. The molecule has 1 N–H and O–H groups in total. The lowest BCUT2D eigenvalue weighted by Gasteiger charge is -2.33. The van der Waals surface area contributed by atoms with Gasteiger partial charge in [-0.3, -0.25) is 9.59 Å². The van der Waals surface area contributed by atoms with Crippen LogP contribution >= 0.6 is 11.3 Å². The quantitative estimate of drug-likeness (QED) is 0.875. The van der Waals surface area contributed by atoms with Gasteiger partial charge in [-0.1, -0.05) is 0 Å². The number of benzene rings is 1. The monoisotopic (exact) mass is 387 g/mol. The Bertz CT molecular complexity index is 832. The van der Waals surface area contributed by atoms with Gasteiger partial charge in [0, 0.05) is 37.8 Å². The molecule has 2 aliphatic rings. The molecule has 2 saturated heterocycles. The Balaban J connectivity index is 1.40. The predicted molar refractivity (Wildman–Crippen MR) is 105 cm³/mol. The minimum Gasteiger partial charge on any atom is -0.363 e. The first-order valence-corrected chi connectivity index (χ1v) is 10.2. The Morgan fingerprint density at radius 1 is 1.19 bits per heavy atom. The lowest BCUT2D eigenvalue weighted by Crippen LogP contribution is -2.44. The third-order valence-electron chi connectivity index (χ3n) is 5.23. The molecule has 0 unspecified atom stereocenters. The standard InChI is InChI=1S/C20H22FN3O2S/c21-17-6-5-15(24-9-1-3-18(24)25)13-16(17)20(26)22-14-7-10-23(11-8-14)19-4-2-12-27-19/h2,4-6,12-14H,1,3,7-11H2,(H,22,26). The van der Waals surface area contributed by atoms with Crippen molar-refractivity contribution in [3.63, 3.8) is 0 Å². The molecule has 0 saturated carbocycles. The summed E-state index contributed by atoms with van der Waals surface area (Å²) in [5.41, 5.74) is 0.601. The fourth-order valence-corrected chi connectivity index (χ4v) is 4.52. The van der Waals surface area contributed by atoms with Crippen molar-refractivity contribution in [2.24, 2.45) is 0 Å². The summed E-state index contributed by atoms with van der Waals surface area (Å²) < 4.78 is 14.2. The van der Waals surface area contributed by atoms with Crippen LogP contribution in [-0.4, -0.2) is 37.5 Å². The van der Waals surface area contributed by atoms with Gasteiger partial charge in [-0.15, -0.1) is 11.3 Å². The molecule has 142 valence electrons. The minimum atomic E-state index is -0.557. The van der Waals surface area contributed by atoms with Crippen molar-refractivity contribution >= 4 is 33.8 Å². The van der Waals surface area contributed by atoms with Crippen LogP contribution in [0.4, 0.5) is 15.1 Å². The summed E-state index contributed by atoms with van der Waals surface area (Å²) in [7, 11) is 0. The number of halogens is 1. The van der Waals surface area contributed by atoms with Crippen LogP contribution in [0.2, 0.25) is 0 Å². The van der Waals surface area contributed by atoms with Gasteiger partial charge in [0.2, 0.25) is 5.91 Å². The molecule has 3 heterocycles. The largest absolute Gasteiger partial charge is 0.363 e. The van der Waals surface area contributed by atoms with Gasteiger partial charge in [-0.25, -0.2) is 4.39 Å². The maximum Gasteiger partial charge on any atom is 0.254 e. The topological polar surface area (TPSA) is 52.7 Å². The lowest BCUT2D eigenvalue weighted by atomic mass is 10.0. The molecule has 1 aromatic carbocycles. The average molecular weight is 387 g/mol. The van der Waals surface area contributed by atoms with Gasteiger partial charge in [0.1, 0.15) is 5.82 Å². The summed E-state index contributed by atoms with van der Waals surface area (Å²) in [4.78, 5) is 28.5. The molecular formula is C20H22FN3O2S. The fourth-order valence-electron chi connectivity index (χ4n) is 3.73. The van der Waals surface area contributed by atoms with E-state index in [-0.39, 0.29) is 17.5 Å². The van der Waals surface area contributed by atoms with E-state index in [2.05, 4.69) is 21.7 Å². The molecule has 2 aliphatic heterocycles. The number of nitrogens with zero attached hydrogens (tertiary/aromatic N) is 2. The predicted octanol–water partition coefficient (Wildman–Crippen LogP) is 3.41. The molecule has 27 heavy (non-hydrogen) atoms. The van der Waals surface area contributed by atoms with E-state index in [1.165, 1.54) is 17.1 Å². The average Bonchev–Trinajstić information content (AvgIpc) is 3.35. The van der Waals surface area contributed by atoms with E-state index in [0.717, 1.165) is 32.4 Å². The van der Waals surface area contributed by atoms with Crippen molar-refractivity contribution in [3.8, 4) is 0 Å². The Morgan fingerprint density at radius 3 is 2.67 bits per heavy atom. The second-order valence-electron chi connectivity index (χ2n) is 7.00. The maximum absolute atomic E-state index is 14.2. The van der Waals surface area contributed by atoms with Crippen LogP contribution in [0, 0.1) is 5.82 Å². The first-order valence-electron chi connectivity index (χ1n) is 9.31. The Morgan fingerprint density at radius 2 is 2.00 bits per heavy atom. The number of anilines is 2. The number of piperidine rings is 1. The number of carbonyl (C=O) groups is 2. The lowest BCUT2D eigenvalue weighted by molar-refractivity contribution is -0.117. The normalized spacial score (nSPS) is 18.2. The van der Waals surface area contributed by atoms with Gasteiger partial charge in [0.25, 0.3) is 5.91 Å². The molecule has 0 spiro atoms. The van der Waals surface area contributed by atoms with E-state index in [1.807, 2.05) is 6.07 Å². The highest BCUT2D eigenvalue weighted by atomic mass is 32.1. The van der Waals surface area contributed by atoms with Gasteiger partial charge >= 0.3 is 0 Å². The van der Waals surface area contributed by atoms with Crippen LogP contribution < -0.4 is 15.1 Å². The summed E-state index contributed by atoms with van der Waals surface area (Å²) in [6.45, 7) is 2.36. The van der Waals surface area contributed by atoms with E-state index in [1.54, 1.807) is 22.3 Å². The van der Waals surface area contributed by atoms with E-state index >= 15 is 0 Å². The third kappa shape index (κ3) is 3.83. The number of hydrogen-bond donors (Lipinski definition) is 1. The molecule has 5 nitrogen and oxygen atoms in total. The first-order chi connectivity index (χ1) is 13.1. The third-order valence-corrected chi connectivity index (χ3v) is 6.16. The van der Waals surface area contributed by atoms with Gasteiger partial charge in [0.05, 0.1) is 10.6 Å². The van der Waals surface area contributed by atoms with Crippen molar-refractivity contribution in [3.05, 3.63) is 47.1 Å². The van der Waals surface area contributed by atoms with E-state index in [9.17, 15) is 14.0 Å². The molecule has 7 heteroatoms. The van der Waals surface area contributed by atoms with Crippen LogP contribution in [0.25, 0.3) is 0 Å². The van der Waals surface area contributed by atoms with Crippen LogP contribution in [0.3, 0.4) is 0 Å². The Hall–Kier alpha value is -2.41. The van der Waals surface area contributed by atoms with Crippen molar-refractivity contribution in [1.82, 2.24) is 5.32 Å². The van der Waals surface area contributed by atoms with Crippen LogP contribution in [0.5, 0.6) is 0 Å².